The SMILES string of the molecule is CC1=CC(c2ncc(-c3ccc(C#Cc4ccc(-c5cnc(C6C=C(C)CN6)[nH]5)cc4)cc3)[nH]2)NC1. The van der Waals surface area contributed by atoms with Crippen LogP contribution in [0.25, 0.3) is 22.5 Å². The first-order chi connectivity index (χ1) is 17.6. The molecule has 0 bridgehead atoms. The summed E-state index contributed by atoms with van der Waals surface area (Å²) in [5, 5.41) is 6.88. The Kier molecular flexibility index (Phi) is 5.86. The maximum atomic E-state index is 4.56. The van der Waals surface area contributed by atoms with Gasteiger partial charge >= 0.3 is 0 Å². The molecule has 4 N–H and O–H groups in total. The van der Waals surface area contributed by atoms with Crippen molar-refractivity contribution in [3.63, 3.8) is 0 Å². The van der Waals surface area contributed by atoms with Crippen molar-refractivity contribution in [3.8, 4) is 34.4 Å². The number of hydrogen-bond donors (Lipinski definition) is 4. The molecule has 2 aliphatic rings. The van der Waals surface area contributed by atoms with E-state index in [9.17, 15) is 0 Å². The fourth-order valence-electron chi connectivity index (χ4n) is 4.59. The van der Waals surface area contributed by atoms with Crippen LogP contribution in [-0.4, -0.2) is 33.0 Å². The molecular formula is C30H28N6. The van der Waals surface area contributed by atoms with Gasteiger partial charge in [-0.25, -0.2) is 9.97 Å². The van der Waals surface area contributed by atoms with Crippen molar-refractivity contribution in [1.82, 2.24) is 30.6 Å². The van der Waals surface area contributed by atoms with Gasteiger partial charge in [-0.2, -0.15) is 0 Å². The minimum Gasteiger partial charge on any atom is -0.340 e. The molecule has 36 heavy (non-hydrogen) atoms. The lowest BCUT2D eigenvalue weighted by Gasteiger charge is -2.04. The van der Waals surface area contributed by atoms with Gasteiger partial charge in [-0.15, -0.1) is 0 Å². The second kappa shape index (κ2) is 9.46. The maximum absolute atomic E-state index is 4.56. The molecule has 178 valence electrons. The van der Waals surface area contributed by atoms with Crippen molar-refractivity contribution >= 4 is 0 Å². The predicted molar refractivity (Wildman–Crippen MR) is 143 cm³/mol. The number of nitrogens with zero attached hydrogens (tertiary/aromatic N) is 2. The molecule has 2 aromatic carbocycles. The normalized spacial score (nSPS) is 19.1. The largest absolute Gasteiger partial charge is 0.340 e. The average Bonchev–Trinajstić information content (AvgIpc) is 3.70. The van der Waals surface area contributed by atoms with Crippen LogP contribution in [0.4, 0.5) is 0 Å². The Morgan fingerprint density at radius 3 is 1.42 bits per heavy atom. The number of rotatable bonds is 4. The number of H-pyrrole nitrogens is 2. The first-order valence-corrected chi connectivity index (χ1v) is 12.2. The van der Waals surface area contributed by atoms with Crippen LogP contribution in [-0.2, 0) is 0 Å². The number of nitrogens with one attached hydrogen (secondary N) is 4. The molecule has 6 nitrogen and oxygen atoms in total. The summed E-state index contributed by atoms with van der Waals surface area (Å²) >= 11 is 0. The van der Waals surface area contributed by atoms with E-state index in [2.05, 4.69) is 117 Å². The lowest BCUT2D eigenvalue weighted by Crippen LogP contribution is -2.15. The molecule has 6 heteroatoms. The molecule has 0 aliphatic carbocycles. The summed E-state index contributed by atoms with van der Waals surface area (Å²) in [6.45, 7) is 6.09. The quantitative estimate of drug-likeness (QED) is 0.248. The summed E-state index contributed by atoms with van der Waals surface area (Å²) < 4.78 is 0. The molecule has 0 spiro atoms. The zero-order chi connectivity index (χ0) is 24.5. The van der Waals surface area contributed by atoms with E-state index in [0.717, 1.165) is 58.4 Å². The number of benzene rings is 2. The smallest absolute Gasteiger partial charge is 0.127 e. The number of imidazole rings is 2. The molecule has 4 heterocycles. The number of aromatic nitrogens is 4. The Morgan fingerprint density at radius 1 is 0.639 bits per heavy atom. The number of hydrogen-bond acceptors (Lipinski definition) is 4. The Morgan fingerprint density at radius 2 is 1.06 bits per heavy atom. The molecule has 2 unspecified atom stereocenters. The van der Waals surface area contributed by atoms with Gasteiger partial charge in [0, 0.05) is 24.2 Å². The van der Waals surface area contributed by atoms with Gasteiger partial charge in [-0.05, 0) is 49.2 Å². The zero-order valence-corrected chi connectivity index (χ0v) is 20.4. The summed E-state index contributed by atoms with van der Waals surface area (Å²) in [5.41, 5.74) is 8.85. The van der Waals surface area contributed by atoms with E-state index in [1.165, 1.54) is 11.1 Å². The Hall–Kier alpha value is -4.18. The van der Waals surface area contributed by atoms with Crippen LogP contribution in [0.15, 0.2) is 84.2 Å². The Bertz CT molecular complexity index is 1390. The number of aromatic amines is 2. The van der Waals surface area contributed by atoms with Gasteiger partial charge in [-0.3, -0.25) is 0 Å². The molecule has 0 radical (unpaired) electrons. The highest BCUT2D eigenvalue weighted by Gasteiger charge is 2.18. The summed E-state index contributed by atoms with van der Waals surface area (Å²) in [6, 6.07) is 16.9. The van der Waals surface area contributed by atoms with Crippen LogP contribution in [0, 0.1) is 11.8 Å². The first kappa shape index (κ1) is 22.3. The highest BCUT2D eigenvalue weighted by Crippen LogP contribution is 2.24. The second-order valence-corrected chi connectivity index (χ2v) is 9.51. The zero-order valence-electron chi connectivity index (χ0n) is 20.4. The second-order valence-electron chi connectivity index (χ2n) is 9.51. The third kappa shape index (κ3) is 4.67. The van der Waals surface area contributed by atoms with Crippen LogP contribution in [0.3, 0.4) is 0 Å². The molecular weight excluding hydrogens is 444 g/mol. The van der Waals surface area contributed by atoms with Gasteiger partial charge in [0.2, 0.25) is 0 Å². The lowest BCUT2D eigenvalue weighted by molar-refractivity contribution is 0.673. The highest BCUT2D eigenvalue weighted by atomic mass is 15.0. The molecule has 6 rings (SSSR count). The Labute approximate surface area is 211 Å². The summed E-state index contributed by atoms with van der Waals surface area (Å²) in [7, 11) is 0. The van der Waals surface area contributed by atoms with Crippen LogP contribution in [0.2, 0.25) is 0 Å². The minimum atomic E-state index is 0.163. The topological polar surface area (TPSA) is 81.4 Å². The van der Waals surface area contributed by atoms with Crippen LogP contribution in [0.1, 0.15) is 48.7 Å². The van der Waals surface area contributed by atoms with Crippen molar-refractivity contribution in [2.45, 2.75) is 25.9 Å². The maximum Gasteiger partial charge on any atom is 0.127 e. The van der Waals surface area contributed by atoms with Crippen molar-refractivity contribution in [2.24, 2.45) is 0 Å². The van der Waals surface area contributed by atoms with Gasteiger partial charge in [0.25, 0.3) is 0 Å². The van der Waals surface area contributed by atoms with E-state index in [0.29, 0.717) is 0 Å². The third-order valence-electron chi connectivity index (χ3n) is 6.63. The fourth-order valence-corrected chi connectivity index (χ4v) is 4.59. The third-order valence-corrected chi connectivity index (χ3v) is 6.63. The highest BCUT2D eigenvalue weighted by molar-refractivity contribution is 5.62. The van der Waals surface area contributed by atoms with Crippen molar-refractivity contribution < 1.29 is 0 Å². The van der Waals surface area contributed by atoms with Gasteiger partial charge < -0.3 is 20.6 Å². The van der Waals surface area contributed by atoms with Gasteiger partial charge in [-0.1, -0.05) is 59.4 Å². The van der Waals surface area contributed by atoms with Crippen LogP contribution >= 0.6 is 0 Å². The molecule has 0 saturated carbocycles. The van der Waals surface area contributed by atoms with E-state index >= 15 is 0 Å². The monoisotopic (exact) mass is 472 g/mol. The van der Waals surface area contributed by atoms with E-state index in [-0.39, 0.29) is 12.1 Å². The first-order valence-electron chi connectivity index (χ1n) is 12.2. The molecule has 0 amide bonds. The van der Waals surface area contributed by atoms with Crippen molar-refractivity contribution in [1.29, 1.82) is 0 Å². The van der Waals surface area contributed by atoms with Crippen molar-refractivity contribution in [3.05, 3.63) is 107 Å². The molecule has 0 fully saturated rings. The molecule has 0 saturated heterocycles. The van der Waals surface area contributed by atoms with Crippen LogP contribution in [0.5, 0.6) is 0 Å². The standard InChI is InChI=1S/C30H28N6/c1-19-13-25(31-15-19)29-33-17-27(35-29)23-9-5-21(6-10-23)3-4-22-7-11-24(12-8-22)28-18-34-30(36-28)26-14-20(2)16-32-26/h5-14,17-18,25-26,31-32H,15-16H2,1-2H3,(H,33,35)(H,34,36). The molecule has 2 atom stereocenters. The van der Waals surface area contributed by atoms with Crippen molar-refractivity contribution in [2.75, 3.05) is 13.1 Å². The summed E-state index contributed by atoms with van der Waals surface area (Å²) in [5.74, 6) is 8.43. The molecule has 2 aliphatic heterocycles. The van der Waals surface area contributed by atoms with E-state index in [1.54, 1.807) is 0 Å². The fraction of sp³-hybridized carbons (Fsp3) is 0.200. The minimum absolute atomic E-state index is 0.163. The van der Waals surface area contributed by atoms with Gasteiger partial charge in [0.15, 0.2) is 0 Å². The summed E-state index contributed by atoms with van der Waals surface area (Å²) in [6.07, 6.45) is 8.22. The van der Waals surface area contributed by atoms with E-state index < -0.39 is 0 Å². The average molecular weight is 473 g/mol. The molecule has 4 aromatic rings. The Balaban J connectivity index is 1.12. The van der Waals surface area contributed by atoms with E-state index in [1.807, 2.05) is 12.4 Å². The van der Waals surface area contributed by atoms with E-state index in [4.69, 9.17) is 0 Å². The predicted octanol–water partition coefficient (Wildman–Crippen LogP) is 5.05. The molecule has 2 aromatic heterocycles. The van der Waals surface area contributed by atoms with Gasteiger partial charge in [0.05, 0.1) is 35.9 Å². The summed E-state index contributed by atoms with van der Waals surface area (Å²) in [4.78, 5) is 16.0. The van der Waals surface area contributed by atoms with Gasteiger partial charge in [0.1, 0.15) is 11.6 Å². The lowest BCUT2D eigenvalue weighted by atomic mass is 10.1. The van der Waals surface area contributed by atoms with Crippen LogP contribution < -0.4 is 10.6 Å².